The van der Waals surface area contributed by atoms with Gasteiger partial charge in [0.1, 0.15) is 0 Å². The van der Waals surface area contributed by atoms with E-state index in [1.807, 2.05) is 0 Å². The molecule has 0 atom stereocenters. The van der Waals surface area contributed by atoms with Gasteiger partial charge in [0.15, 0.2) is 0 Å². The number of hydrogen-bond donors (Lipinski definition) is 1. The van der Waals surface area contributed by atoms with Crippen LogP contribution in [0.5, 0.6) is 0 Å². The SMILES string of the molecule is CN1CCC(N(C)CCN(C)C(=O)Nc2cccc(SC(F)F)c2)CC1. The standard InChI is InChI=1S/C18H28F2N4OS/c1-22-9-7-15(8-10-22)23(2)11-12-24(3)18(25)21-14-5-4-6-16(13-14)26-17(19)20/h4-6,13,15,17H,7-12H2,1-3H3,(H,21,25). The molecule has 26 heavy (non-hydrogen) atoms. The summed E-state index contributed by atoms with van der Waals surface area (Å²) in [6.45, 7) is 3.64. The lowest BCUT2D eigenvalue weighted by atomic mass is 10.0. The van der Waals surface area contributed by atoms with E-state index in [9.17, 15) is 13.6 Å². The second kappa shape index (κ2) is 10.1. The fourth-order valence-electron chi connectivity index (χ4n) is 3.00. The van der Waals surface area contributed by atoms with E-state index in [0.29, 0.717) is 34.9 Å². The van der Waals surface area contributed by atoms with Crippen LogP contribution in [-0.4, -0.2) is 79.9 Å². The van der Waals surface area contributed by atoms with E-state index in [4.69, 9.17) is 0 Å². The maximum Gasteiger partial charge on any atom is 0.321 e. The van der Waals surface area contributed by atoms with Gasteiger partial charge in [0.25, 0.3) is 5.76 Å². The molecular formula is C18H28F2N4OS. The quantitative estimate of drug-likeness (QED) is 0.728. The van der Waals surface area contributed by atoms with Crippen LogP contribution in [0.1, 0.15) is 12.8 Å². The molecule has 1 aromatic carbocycles. The Morgan fingerprint density at radius 1 is 1.31 bits per heavy atom. The molecule has 1 fully saturated rings. The van der Waals surface area contributed by atoms with Crippen molar-refractivity contribution in [2.75, 3.05) is 52.6 Å². The first kappa shape index (κ1) is 20.9. The van der Waals surface area contributed by atoms with Gasteiger partial charge in [0, 0.05) is 36.8 Å². The van der Waals surface area contributed by atoms with E-state index < -0.39 is 5.76 Å². The third-order valence-corrected chi connectivity index (χ3v) is 5.46. The summed E-state index contributed by atoms with van der Waals surface area (Å²) < 4.78 is 24.9. The number of amides is 2. The van der Waals surface area contributed by atoms with E-state index >= 15 is 0 Å². The summed E-state index contributed by atoms with van der Waals surface area (Å²) in [5.41, 5.74) is 0.524. The fourth-order valence-corrected chi connectivity index (χ4v) is 3.55. The number of carbonyl (C=O) groups is 1. The normalized spacial score (nSPS) is 16.3. The van der Waals surface area contributed by atoms with E-state index in [1.165, 1.54) is 0 Å². The summed E-state index contributed by atoms with van der Waals surface area (Å²) in [7, 11) is 5.99. The minimum absolute atomic E-state index is 0.235. The molecule has 1 aliphatic heterocycles. The van der Waals surface area contributed by atoms with Crippen LogP contribution in [0.3, 0.4) is 0 Å². The number of urea groups is 1. The lowest BCUT2D eigenvalue weighted by Gasteiger charge is -2.35. The molecule has 1 aromatic rings. The van der Waals surface area contributed by atoms with Crippen LogP contribution in [0.25, 0.3) is 0 Å². The lowest BCUT2D eigenvalue weighted by Crippen LogP contribution is -2.45. The number of hydrogen-bond acceptors (Lipinski definition) is 4. The van der Waals surface area contributed by atoms with Crippen molar-refractivity contribution in [3.63, 3.8) is 0 Å². The van der Waals surface area contributed by atoms with Gasteiger partial charge in [-0.1, -0.05) is 17.8 Å². The van der Waals surface area contributed by atoms with E-state index in [0.717, 1.165) is 32.5 Å². The van der Waals surface area contributed by atoms with Gasteiger partial charge in [-0.05, 0) is 58.2 Å². The van der Waals surface area contributed by atoms with E-state index in [1.54, 1.807) is 36.2 Å². The van der Waals surface area contributed by atoms with Crippen molar-refractivity contribution in [3.8, 4) is 0 Å². The summed E-state index contributed by atoms with van der Waals surface area (Å²) in [5, 5.41) is 2.77. The molecule has 1 aliphatic rings. The van der Waals surface area contributed by atoms with E-state index in [-0.39, 0.29) is 6.03 Å². The Morgan fingerprint density at radius 3 is 2.65 bits per heavy atom. The van der Waals surface area contributed by atoms with Crippen molar-refractivity contribution in [2.24, 2.45) is 0 Å². The molecule has 8 heteroatoms. The number of rotatable bonds is 7. The zero-order valence-electron chi connectivity index (χ0n) is 15.6. The van der Waals surface area contributed by atoms with Crippen molar-refractivity contribution in [1.29, 1.82) is 0 Å². The Hall–Kier alpha value is -1.38. The maximum absolute atomic E-state index is 12.5. The third-order valence-electron chi connectivity index (χ3n) is 4.76. The molecule has 0 aliphatic carbocycles. The number of likely N-dealkylation sites (tertiary alicyclic amines) is 1. The Bertz CT molecular complexity index is 582. The Labute approximate surface area is 158 Å². The molecule has 0 bridgehead atoms. The van der Waals surface area contributed by atoms with Crippen LogP contribution in [0.15, 0.2) is 29.2 Å². The zero-order chi connectivity index (χ0) is 19.1. The van der Waals surface area contributed by atoms with Gasteiger partial charge in [-0.25, -0.2) is 4.79 Å². The molecule has 0 unspecified atom stereocenters. The molecule has 1 N–H and O–H groups in total. The first-order chi connectivity index (χ1) is 12.3. The number of carbonyl (C=O) groups excluding carboxylic acids is 1. The third kappa shape index (κ3) is 6.74. The molecule has 0 spiro atoms. The Balaban J connectivity index is 1.78. The predicted octanol–water partition coefficient (Wildman–Crippen LogP) is 3.49. The average molecular weight is 387 g/mol. The van der Waals surface area contributed by atoms with Gasteiger partial charge in [-0.2, -0.15) is 8.78 Å². The molecule has 0 radical (unpaired) electrons. The van der Waals surface area contributed by atoms with Crippen LogP contribution < -0.4 is 5.32 Å². The van der Waals surface area contributed by atoms with Gasteiger partial charge in [0.2, 0.25) is 0 Å². The maximum atomic E-state index is 12.5. The Kier molecular flexibility index (Phi) is 8.12. The molecule has 2 amide bonds. The Morgan fingerprint density at radius 2 is 2.00 bits per heavy atom. The molecule has 146 valence electrons. The van der Waals surface area contributed by atoms with Crippen LogP contribution in [0, 0.1) is 0 Å². The average Bonchev–Trinajstić information content (AvgIpc) is 2.59. The number of thioether (sulfide) groups is 1. The highest BCUT2D eigenvalue weighted by molar-refractivity contribution is 7.99. The van der Waals surface area contributed by atoms with Gasteiger partial charge in [-0.15, -0.1) is 0 Å². The van der Waals surface area contributed by atoms with Gasteiger partial charge >= 0.3 is 6.03 Å². The highest BCUT2D eigenvalue weighted by Gasteiger charge is 2.21. The van der Waals surface area contributed by atoms with Crippen LogP contribution in [0.4, 0.5) is 19.3 Å². The lowest BCUT2D eigenvalue weighted by molar-refractivity contribution is 0.136. The summed E-state index contributed by atoms with van der Waals surface area (Å²) in [4.78, 5) is 19.0. The molecule has 5 nitrogen and oxygen atoms in total. The number of alkyl halides is 2. The topological polar surface area (TPSA) is 38.8 Å². The van der Waals surface area contributed by atoms with Gasteiger partial charge in [-0.3, -0.25) is 0 Å². The highest BCUT2D eigenvalue weighted by atomic mass is 32.2. The number of anilines is 1. The van der Waals surface area contributed by atoms with Crippen molar-refractivity contribution in [1.82, 2.24) is 14.7 Å². The second-order valence-electron chi connectivity index (χ2n) is 6.77. The second-order valence-corrected chi connectivity index (χ2v) is 7.84. The van der Waals surface area contributed by atoms with Gasteiger partial charge in [0.05, 0.1) is 0 Å². The van der Waals surface area contributed by atoms with Crippen LogP contribution in [-0.2, 0) is 0 Å². The molecule has 1 heterocycles. The smallest absolute Gasteiger partial charge is 0.321 e. The molecule has 0 saturated carbocycles. The number of halogens is 2. The number of benzene rings is 1. The monoisotopic (exact) mass is 386 g/mol. The summed E-state index contributed by atoms with van der Waals surface area (Å²) in [6.07, 6.45) is 2.30. The van der Waals surface area contributed by atoms with Crippen molar-refractivity contribution in [2.45, 2.75) is 29.5 Å². The fraction of sp³-hybridized carbons (Fsp3) is 0.611. The van der Waals surface area contributed by atoms with Crippen molar-refractivity contribution < 1.29 is 13.6 Å². The van der Waals surface area contributed by atoms with Crippen LogP contribution in [0.2, 0.25) is 0 Å². The molecule has 2 rings (SSSR count). The number of nitrogens with one attached hydrogen (secondary N) is 1. The highest BCUT2D eigenvalue weighted by Crippen LogP contribution is 2.27. The number of likely N-dealkylation sites (N-methyl/N-ethyl adjacent to an activating group) is 2. The number of nitrogens with zero attached hydrogens (tertiary/aromatic N) is 3. The largest absolute Gasteiger partial charge is 0.326 e. The molecule has 0 aromatic heterocycles. The number of piperidine rings is 1. The van der Waals surface area contributed by atoms with Crippen LogP contribution >= 0.6 is 11.8 Å². The van der Waals surface area contributed by atoms with Gasteiger partial charge < -0.3 is 20.0 Å². The van der Waals surface area contributed by atoms with Crippen molar-refractivity contribution >= 4 is 23.5 Å². The summed E-state index contributed by atoms with van der Waals surface area (Å²) >= 11 is 0.470. The van der Waals surface area contributed by atoms with E-state index in [2.05, 4.69) is 29.2 Å². The summed E-state index contributed by atoms with van der Waals surface area (Å²) in [6, 6.07) is 6.85. The van der Waals surface area contributed by atoms with Crippen molar-refractivity contribution in [3.05, 3.63) is 24.3 Å². The first-order valence-electron chi connectivity index (χ1n) is 8.81. The molecular weight excluding hydrogens is 358 g/mol. The minimum Gasteiger partial charge on any atom is -0.326 e. The predicted molar refractivity (Wildman–Crippen MR) is 103 cm³/mol. The minimum atomic E-state index is -2.47. The summed E-state index contributed by atoms with van der Waals surface area (Å²) in [5.74, 6) is -2.47. The first-order valence-corrected chi connectivity index (χ1v) is 9.69. The zero-order valence-corrected chi connectivity index (χ0v) is 16.4. The molecule has 1 saturated heterocycles.